The highest BCUT2D eigenvalue weighted by molar-refractivity contribution is 7.98. The largest absolute Gasteiger partial charge is 0.369 e. The first-order valence-electron chi connectivity index (χ1n) is 4.52. The summed E-state index contributed by atoms with van der Waals surface area (Å²) >= 11 is 7.64. The topological polar surface area (TPSA) is 37.8 Å². The van der Waals surface area contributed by atoms with Gasteiger partial charge in [0.15, 0.2) is 0 Å². The smallest absolute Gasteiger partial charge is 0.134 e. The monoisotopic (exact) mass is 231 g/mol. The lowest BCUT2D eigenvalue weighted by Crippen LogP contribution is -2.07. The molecule has 14 heavy (non-hydrogen) atoms. The third kappa shape index (κ3) is 3.72. The van der Waals surface area contributed by atoms with Crippen molar-refractivity contribution < 1.29 is 0 Å². The van der Waals surface area contributed by atoms with Gasteiger partial charge >= 0.3 is 0 Å². The van der Waals surface area contributed by atoms with Crippen LogP contribution in [0.4, 0.5) is 5.82 Å². The molecule has 78 valence electrons. The van der Waals surface area contributed by atoms with Gasteiger partial charge in [-0.2, -0.15) is 11.8 Å². The Morgan fingerprint density at radius 2 is 2.29 bits per heavy atom. The molecule has 0 bridgehead atoms. The van der Waals surface area contributed by atoms with Gasteiger partial charge in [-0.15, -0.1) is 0 Å². The van der Waals surface area contributed by atoms with Crippen LogP contribution in [0.5, 0.6) is 0 Å². The van der Waals surface area contributed by atoms with Crippen LogP contribution in [0.3, 0.4) is 0 Å². The maximum absolute atomic E-state index is 5.85. The Bertz CT molecular complexity index is 293. The number of halogens is 1. The zero-order chi connectivity index (χ0) is 10.4. The molecule has 1 N–H and O–H groups in total. The van der Waals surface area contributed by atoms with Crippen LogP contribution in [0.15, 0.2) is 6.07 Å². The van der Waals surface area contributed by atoms with E-state index in [0.717, 1.165) is 30.4 Å². The first-order chi connectivity index (χ1) is 6.76. The number of thioether (sulfide) groups is 1. The average molecular weight is 232 g/mol. The summed E-state index contributed by atoms with van der Waals surface area (Å²) in [5.41, 5.74) is 0. The maximum Gasteiger partial charge on any atom is 0.134 e. The molecule has 0 amide bonds. The van der Waals surface area contributed by atoms with E-state index in [1.807, 2.05) is 6.92 Å². The number of hydrogen-bond donors (Lipinski definition) is 1. The van der Waals surface area contributed by atoms with Crippen LogP contribution < -0.4 is 5.32 Å². The molecule has 0 aliphatic carbocycles. The Kier molecular flexibility index (Phi) is 5.04. The van der Waals surface area contributed by atoms with Gasteiger partial charge in [-0.05, 0) is 6.26 Å². The van der Waals surface area contributed by atoms with Crippen molar-refractivity contribution >= 4 is 29.2 Å². The van der Waals surface area contributed by atoms with Crippen LogP contribution in [0, 0.1) is 0 Å². The maximum atomic E-state index is 5.85. The Labute approximate surface area is 93.7 Å². The molecule has 0 unspecified atom stereocenters. The molecule has 0 aliphatic rings. The molecule has 0 spiro atoms. The highest BCUT2D eigenvalue weighted by Crippen LogP contribution is 2.11. The fourth-order valence-electron chi connectivity index (χ4n) is 0.995. The van der Waals surface area contributed by atoms with Gasteiger partial charge in [0.05, 0.1) is 0 Å². The van der Waals surface area contributed by atoms with Crippen LogP contribution in [-0.2, 0) is 6.42 Å². The first-order valence-corrected chi connectivity index (χ1v) is 6.29. The van der Waals surface area contributed by atoms with Crippen LogP contribution in [0.25, 0.3) is 0 Å². The van der Waals surface area contributed by atoms with Crippen LogP contribution in [0.2, 0.25) is 5.15 Å². The van der Waals surface area contributed by atoms with E-state index in [1.54, 1.807) is 17.8 Å². The third-order valence-electron chi connectivity index (χ3n) is 1.67. The van der Waals surface area contributed by atoms with Gasteiger partial charge in [-0.3, -0.25) is 0 Å². The van der Waals surface area contributed by atoms with E-state index in [-0.39, 0.29) is 0 Å². The minimum atomic E-state index is 0.503. The predicted molar refractivity (Wildman–Crippen MR) is 63.3 cm³/mol. The second-order valence-electron chi connectivity index (χ2n) is 2.77. The number of rotatable bonds is 5. The summed E-state index contributed by atoms with van der Waals surface area (Å²) in [6.45, 7) is 2.91. The zero-order valence-electron chi connectivity index (χ0n) is 8.38. The van der Waals surface area contributed by atoms with Crippen molar-refractivity contribution in [3.05, 3.63) is 17.0 Å². The number of hydrogen-bond acceptors (Lipinski definition) is 4. The molecule has 0 saturated carbocycles. The minimum absolute atomic E-state index is 0.503. The molecule has 1 heterocycles. The van der Waals surface area contributed by atoms with Crippen molar-refractivity contribution in [2.45, 2.75) is 13.3 Å². The molecule has 1 aromatic heterocycles. The Morgan fingerprint density at radius 1 is 1.50 bits per heavy atom. The van der Waals surface area contributed by atoms with Crippen LogP contribution in [-0.4, -0.2) is 28.5 Å². The summed E-state index contributed by atoms with van der Waals surface area (Å²) in [6, 6.07) is 1.75. The summed E-state index contributed by atoms with van der Waals surface area (Å²) in [6.07, 6.45) is 2.88. The van der Waals surface area contributed by atoms with E-state index in [4.69, 9.17) is 11.6 Å². The lowest BCUT2D eigenvalue weighted by Gasteiger charge is -2.05. The Balaban J connectivity index is 2.62. The SMILES string of the molecule is CCc1nc(Cl)cc(NCCSC)n1. The molecule has 1 aromatic rings. The van der Waals surface area contributed by atoms with Crippen LogP contribution >= 0.6 is 23.4 Å². The van der Waals surface area contributed by atoms with Gasteiger partial charge in [0, 0.05) is 24.8 Å². The van der Waals surface area contributed by atoms with Crippen LogP contribution in [0.1, 0.15) is 12.7 Å². The second kappa shape index (κ2) is 6.09. The van der Waals surface area contributed by atoms with E-state index in [9.17, 15) is 0 Å². The van der Waals surface area contributed by atoms with Gasteiger partial charge in [0.2, 0.25) is 0 Å². The normalized spacial score (nSPS) is 10.2. The van der Waals surface area contributed by atoms with Crippen molar-refractivity contribution in [1.29, 1.82) is 0 Å². The summed E-state index contributed by atoms with van der Waals surface area (Å²) in [5.74, 6) is 2.66. The van der Waals surface area contributed by atoms with E-state index < -0.39 is 0 Å². The standard InChI is InChI=1S/C9H14ClN3S/c1-3-8-12-7(10)6-9(13-8)11-4-5-14-2/h6H,3-5H2,1-2H3,(H,11,12,13). The van der Waals surface area contributed by atoms with Crippen molar-refractivity contribution in [1.82, 2.24) is 9.97 Å². The second-order valence-corrected chi connectivity index (χ2v) is 4.14. The molecule has 0 fully saturated rings. The molecule has 5 heteroatoms. The van der Waals surface area contributed by atoms with Gasteiger partial charge < -0.3 is 5.32 Å². The molecule has 0 radical (unpaired) electrons. The van der Waals surface area contributed by atoms with Gasteiger partial charge in [0.25, 0.3) is 0 Å². The summed E-state index contributed by atoms with van der Waals surface area (Å²) < 4.78 is 0. The van der Waals surface area contributed by atoms with Gasteiger partial charge in [0.1, 0.15) is 16.8 Å². The summed E-state index contributed by atoms with van der Waals surface area (Å²) in [7, 11) is 0. The van der Waals surface area contributed by atoms with E-state index >= 15 is 0 Å². The highest BCUT2D eigenvalue weighted by Gasteiger charge is 2.00. The van der Waals surface area contributed by atoms with Crippen molar-refractivity contribution in [2.24, 2.45) is 0 Å². The van der Waals surface area contributed by atoms with Crippen molar-refractivity contribution in [3.63, 3.8) is 0 Å². The first kappa shape index (κ1) is 11.6. The van der Waals surface area contributed by atoms with Crippen molar-refractivity contribution in [3.8, 4) is 0 Å². The van der Waals surface area contributed by atoms with Gasteiger partial charge in [-0.1, -0.05) is 18.5 Å². The fraction of sp³-hybridized carbons (Fsp3) is 0.556. The quantitative estimate of drug-likeness (QED) is 0.624. The number of nitrogens with zero attached hydrogens (tertiary/aromatic N) is 2. The number of nitrogens with one attached hydrogen (secondary N) is 1. The van der Waals surface area contributed by atoms with E-state index in [0.29, 0.717) is 5.15 Å². The van der Waals surface area contributed by atoms with Crippen molar-refractivity contribution in [2.75, 3.05) is 23.9 Å². The van der Waals surface area contributed by atoms with E-state index in [1.165, 1.54) is 0 Å². The number of anilines is 1. The molecule has 0 aliphatic heterocycles. The van der Waals surface area contributed by atoms with E-state index in [2.05, 4.69) is 21.5 Å². The Hall–Kier alpha value is -0.480. The number of aromatic nitrogens is 2. The lowest BCUT2D eigenvalue weighted by molar-refractivity contribution is 0.937. The molecule has 0 aromatic carbocycles. The predicted octanol–water partition coefficient (Wildman–Crippen LogP) is 2.47. The highest BCUT2D eigenvalue weighted by atomic mass is 35.5. The molecule has 3 nitrogen and oxygen atoms in total. The van der Waals surface area contributed by atoms with Gasteiger partial charge in [-0.25, -0.2) is 9.97 Å². The molecule has 1 rings (SSSR count). The molecular formula is C9H14ClN3S. The minimum Gasteiger partial charge on any atom is -0.369 e. The average Bonchev–Trinajstić information content (AvgIpc) is 2.17. The summed E-state index contributed by atoms with van der Waals surface area (Å²) in [5, 5.41) is 3.71. The molecule has 0 atom stereocenters. The third-order valence-corrected chi connectivity index (χ3v) is 2.48. The Morgan fingerprint density at radius 3 is 2.93 bits per heavy atom. The molecule has 0 saturated heterocycles. The zero-order valence-corrected chi connectivity index (χ0v) is 9.95. The number of aryl methyl sites for hydroxylation is 1. The summed E-state index contributed by atoms with van der Waals surface area (Å²) in [4.78, 5) is 8.40. The lowest BCUT2D eigenvalue weighted by atomic mass is 10.4. The fourth-order valence-corrected chi connectivity index (χ4v) is 1.50. The molecular weight excluding hydrogens is 218 g/mol.